The quantitative estimate of drug-likeness (QED) is 0.754. The summed E-state index contributed by atoms with van der Waals surface area (Å²) in [5, 5.41) is 11.8. The van der Waals surface area contributed by atoms with Crippen molar-refractivity contribution >= 4 is 27.5 Å². The van der Waals surface area contributed by atoms with Crippen molar-refractivity contribution in [3.8, 4) is 11.5 Å². The molecule has 0 amide bonds. The number of rotatable bonds is 5. The smallest absolute Gasteiger partial charge is 0.127 e. The van der Waals surface area contributed by atoms with Crippen LogP contribution in [0.3, 0.4) is 0 Å². The Balaban J connectivity index is 2.19. The van der Waals surface area contributed by atoms with E-state index in [4.69, 9.17) is 16.3 Å². The second kappa shape index (κ2) is 6.61. The van der Waals surface area contributed by atoms with Crippen LogP contribution in [0, 0.1) is 0 Å². The third kappa shape index (κ3) is 3.98. The molecule has 2 aromatic carbocycles. The standard InChI is InChI=1S/C16H16BrClO2/c1-16(19,9-10-17)12-3-2-4-15(11-12)20-14-7-5-13(18)6-8-14/h2-8,11,19H,9-10H2,1H3. The minimum Gasteiger partial charge on any atom is -0.457 e. The monoisotopic (exact) mass is 354 g/mol. The van der Waals surface area contributed by atoms with Gasteiger partial charge in [0.1, 0.15) is 11.5 Å². The Morgan fingerprint density at radius 3 is 2.50 bits per heavy atom. The minimum atomic E-state index is -0.872. The molecule has 20 heavy (non-hydrogen) atoms. The van der Waals surface area contributed by atoms with Gasteiger partial charge in [0, 0.05) is 10.4 Å². The van der Waals surface area contributed by atoms with Crippen molar-refractivity contribution < 1.29 is 9.84 Å². The lowest BCUT2D eigenvalue weighted by Gasteiger charge is -2.23. The Bertz CT molecular complexity index is 567. The van der Waals surface area contributed by atoms with Crippen molar-refractivity contribution in [2.24, 2.45) is 0 Å². The van der Waals surface area contributed by atoms with Crippen molar-refractivity contribution in [2.45, 2.75) is 18.9 Å². The lowest BCUT2D eigenvalue weighted by atomic mass is 9.93. The van der Waals surface area contributed by atoms with Gasteiger partial charge in [-0.15, -0.1) is 0 Å². The molecule has 1 N–H and O–H groups in total. The molecule has 0 aliphatic carbocycles. The number of ether oxygens (including phenoxy) is 1. The fourth-order valence-corrected chi connectivity index (χ4v) is 2.76. The van der Waals surface area contributed by atoms with E-state index in [0.717, 1.165) is 10.9 Å². The van der Waals surface area contributed by atoms with Crippen LogP contribution in [0.15, 0.2) is 48.5 Å². The zero-order valence-electron chi connectivity index (χ0n) is 11.1. The average Bonchev–Trinajstić information content (AvgIpc) is 2.42. The van der Waals surface area contributed by atoms with E-state index in [2.05, 4.69) is 15.9 Å². The van der Waals surface area contributed by atoms with E-state index in [-0.39, 0.29) is 0 Å². The van der Waals surface area contributed by atoms with Gasteiger partial charge in [-0.1, -0.05) is 39.7 Å². The molecule has 0 bridgehead atoms. The van der Waals surface area contributed by atoms with Crippen molar-refractivity contribution in [2.75, 3.05) is 5.33 Å². The van der Waals surface area contributed by atoms with E-state index in [9.17, 15) is 5.11 Å². The van der Waals surface area contributed by atoms with Gasteiger partial charge in [-0.3, -0.25) is 0 Å². The summed E-state index contributed by atoms with van der Waals surface area (Å²) in [6.07, 6.45) is 0.636. The normalized spacial score (nSPS) is 13.8. The first-order valence-electron chi connectivity index (χ1n) is 6.33. The Morgan fingerprint density at radius 2 is 1.85 bits per heavy atom. The number of hydrogen-bond donors (Lipinski definition) is 1. The molecular weight excluding hydrogens is 340 g/mol. The topological polar surface area (TPSA) is 29.5 Å². The molecule has 0 saturated heterocycles. The van der Waals surface area contributed by atoms with Gasteiger partial charge < -0.3 is 9.84 Å². The van der Waals surface area contributed by atoms with E-state index in [1.54, 1.807) is 19.1 Å². The Kier molecular flexibility index (Phi) is 5.08. The first-order valence-corrected chi connectivity index (χ1v) is 7.83. The predicted octanol–water partition coefficient (Wildman–Crippen LogP) is 5.12. The molecule has 2 aromatic rings. The van der Waals surface area contributed by atoms with Gasteiger partial charge in [-0.25, -0.2) is 0 Å². The third-order valence-corrected chi connectivity index (χ3v) is 3.74. The largest absolute Gasteiger partial charge is 0.457 e. The predicted molar refractivity (Wildman–Crippen MR) is 85.9 cm³/mol. The van der Waals surface area contributed by atoms with E-state index in [1.807, 2.05) is 36.4 Å². The van der Waals surface area contributed by atoms with Crippen LogP contribution >= 0.6 is 27.5 Å². The maximum absolute atomic E-state index is 10.4. The van der Waals surface area contributed by atoms with Gasteiger partial charge in [0.05, 0.1) is 5.60 Å². The average molecular weight is 356 g/mol. The molecule has 1 atom stereocenters. The molecule has 1 unspecified atom stereocenters. The molecule has 0 aromatic heterocycles. The van der Waals surface area contributed by atoms with Gasteiger partial charge in [0.2, 0.25) is 0 Å². The maximum Gasteiger partial charge on any atom is 0.127 e. The molecule has 4 heteroatoms. The van der Waals surface area contributed by atoms with Crippen molar-refractivity contribution in [3.05, 3.63) is 59.1 Å². The number of hydrogen-bond acceptors (Lipinski definition) is 2. The molecule has 0 radical (unpaired) electrons. The Morgan fingerprint density at radius 1 is 1.15 bits per heavy atom. The first kappa shape index (κ1) is 15.4. The summed E-state index contributed by atoms with van der Waals surface area (Å²) in [5.41, 5.74) is -0.0357. The fraction of sp³-hybridized carbons (Fsp3) is 0.250. The number of alkyl halides is 1. The lowest BCUT2D eigenvalue weighted by Crippen LogP contribution is -2.21. The van der Waals surface area contributed by atoms with Gasteiger partial charge in [-0.2, -0.15) is 0 Å². The number of benzene rings is 2. The van der Waals surface area contributed by atoms with Crippen LogP contribution in [0.4, 0.5) is 0 Å². The third-order valence-electron chi connectivity index (χ3n) is 3.09. The summed E-state index contributed by atoms with van der Waals surface area (Å²) in [4.78, 5) is 0. The van der Waals surface area contributed by atoms with Gasteiger partial charge in [0.15, 0.2) is 0 Å². The molecule has 106 valence electrons. The van der Waals surface area contributed by atoms with E-state index < -0.39 is 5.60 Å². The van der Waals surface area contributed by atoms with Gasteiger partial charge in [0.25, 0.3) is 0 Å². The zero-order valence-corrected chi connectivity index (χ0v) is 13.5. The summed E-state index contributed by atoms with van der Waals surface area (Å²) >= 11 is 9.20. The molecule has 2 nitrogen and oxygen atoms in total. The van der Waals surface area contributed by atoms with Crippen LogP contribution in [0.25, 0.3) is 0 Å². The van der Waals surface area contributed by atoms with Gasteiger partial charge in [-0.05, 0) is 55.3 Å². The first-order chi connectivity index (χ1) is 9.51. The molecule has 0 aliphatic rings. The van der Waals surface area contributed by atoms with Gasteiger partial charge >= 0.3 is 0 Å². The van der Waals surface area contributed by atoms with Crippen LogP contribution in [-0.2, 0) is 5.60 Å². The molecular formula is C16H16BrClO2. The second-order valence-corrected chi connectivity index (χ2v) is 6.03. The summed E-state index contributed by atoms with van der Waals surface area (Å²) in [6.45, 7) is 1.80. The number of halogens is 2. The van der Waals surface area contributed by atoms with E-state index >= 15 is 0 Å². The Labute approximate surface area is 132 Å². The van der Waals surface area contributed by atoms with Crippen molar-refractivity contribution in [1.29, 1.82) is 0 Å². The zero-order chi connectivity index (χ0) is 14.6. The van der Waals surface area contributed by atoms with Crippen LogP contribution in [-0.4, -0.2) is 10.4 Å². The molecule has 2 rings (SSSR count). The van der Waals surface area contributed by atoms with E-state index in [1.165, 1.54) is 0 Å². The summed E-state index contributed by atoms with van der Waals surface area (Å²) in [7, 11) is 0. The van der Waals surface area contributed by atoms with Crippen molar-refractivity contribution in [3.63, 3.8) is 0 Å². The maximum atomic E-state index is 10.4. The second-order valence-electron chi connectivity index (χ2n) is 4.80. The molecule has 0 aliphatic heterocycles. The highest BCUT2D eigenvalue weighted by atomic mass is 79.9. The SMILES string of the molecule is CC(O)(CCBr)c1cccc(Oc2ccc(Cl)cc2)c1. The molecule has 0 heterocycles. The highest BCUT2D eigenvalue weighted by Gasteiger charge is 2.22. The minimum absolute atomic E-state index is 0.636. The van der Waals surface area contributed by atoms with Crippen LogP contribution in [0.2, 0.25) is 5.02 Å². The molecule has 0 fully saturated rings. The highest BCUT2D eigenvalue weighted by molar-refractivity contribution is 9.09. The molecule has 0 saturated carbocycles. The van der Waals surface area contributed by atoms with E-state index in [0.29, 0.717) is 22.9 Å². The van der Waals surface area contributed by atoms with Crippen LogP contribution < -0.4 is 4.74 Å². The lowest BCUT2D eigenvalue weighted by molar-refractivity contribution is 0.0545. The number of aliphatic hydroxyl groups is 1. The summed E-state index contributed by atoms with van der Waals surface area (Å²) in [5.74, 6) is 1.41. The van der Waals surface area contributed by atoms with Crippen LogP contribution in [0.5, 0.6) is 11.5 Å². The van der Waals surface area contributed by atoms with Crippen LogP contribution in [0.1, 0.15) is 18.9 Å². The van der Waals surface area contributed by atoms with Crippen molar-refractivity contribution in [1.82, 2.24) is 0 Å². The summed E-state index contributed by atoms with van der Waals surface area (Å²) in [6, 6.07) is 14.7. The highest BCUT2D eigenvalue weighted by Crippen LogP contribution is 2.30. The molecule has 0 spiro atoms. The fourth-order valence-electron chi connectivity index (χ4n) is 1.86. The summed E-state index contributed by atoms with van der Waals surface area (Å²) < 4.78 is 5.77. The Hall–Kier alpha value is -1.03.